The Morgan fingerprint density at radius 1 is 1.15 bits per heavy atom. The van der Waals surface area contributed by atoms with E-state index in [1.165, 1.54) is 11.8 Å². The van der Waals surface area contributed by atoms with Gasteiger partial charge in [0.15, 0.2) is 5.16 Å². The highest BCUT2D eigenvalue weighted by molar-refractivity contribution is 9.10. The van der Waals surface area contributed by atoms with E-state index in [-0.39, 0.29) is 5.91 Å². The van der Waals surface area contributed by atoms with Crippen LogP contribution in [0.1, 0.15) is 10.4 Å². The third kappa shape index (κ3) is 4.61. The van der Waals surface area contributed by atoms with E-state index in [0.717, 1.165) is 4.90 Å². The van der Waals surface area contributed by atoms with Crippen molar-refractivity contribution in [3.8, 4) is 11.5 Å². The van der Waals surface area contributed by atoms with Crippen LogP contribution in [0.15, 0.2) is 57.3 Å². The molecule has 3 rings (SSSR count). The van der Waals surface area contributed by atoms with Gasteiger partial charge in [-0.2, -0.15) is 4.98 Å². The fourth-order valence-electron chi connectivity index (χ4n) is 2.32. The van der Waals surface area contributed by atoms with Gasteiger partial charge in [-0.25, -0.2) is 4.68 Å². The number of hydrogen-bond acceptors (Lipinski definition) is 6. The number of aromatic nitrogens is 3. The SMILES string of the molecule is COc1cc(OC)cc(C(=O)Nc2ccccc2Sc2nc(Br)nn2C)c1. The number of carbonyl (C=O) groups excluding carboxylic acids is 1. The maximum Gasteiger partial charge on any atom is 0.255 e. The minimum Gasteiger partial charge on any atom is -0.497 e. The minimum absolute atomic E-state index is 0.264. The van der Waals surface area contributed by atoms with Gasteiger partial charge < -0.3 is 14.8 Å². The van der Waals surface area contributed by atoms with Crippen molar-refractivity contribution in [2.45, 2.75) is 10.1 Å². The van der Waals surface area contributed by atoms with Gasteiger partial charge >= 0.3 is 0 Å². The number of hydrogen-bond donors (Lipinski definition) is 1. The van der Waals surface area contributed by atoms with Crippen molar-refractivity contribution >= 4 is 39.3 Å². The summed E-state index contributed by atoms with van der Waals surface area (Å²) in [4.78, 5) is 17.9. The Morgan fingerprint density at radius 3 is 2.41 bits per heavy atom. The van der Waals surface area contributed by atoms with E-state index in [2.05, 4.69) is 31.3 Å². The van der Waals surface area contributed by atoms with E-state index in [9.17, 15) is 4.79 Å². The van der Waals surface area contributed by atoms with E-state index in [4.69, 9.17) is 9.47 Å². The molecule has 1 aromatic heterocycles. The number of para-hydroxylation sites is 1. The average Bonchev–Trinajstić information content (AvgIpc) is 2.99. The number of nitrogens with zero attached hydrogens (tertiary/aromatic N) is 3. The van der Waals surface area contributed by atoms with E-state index in [1.54, 1.807) is 37.1 Å². The molecule has 0 unspecified atom stereocenters. The Balaban J connectivity index is 1.86. The first kappa shape index (κ1) is 19.2. The number of halogens is 1. The molecule has 0 bridgehead atoms. The summed E-state index contributed by atoms with van der Waals surface area (Å²) in [7, 11) is 4.90. The molecule has 0 atom stereocenters. The third-order valence-electron chi connectivity index (χ3n) is 3.65. The van der Waals surface area contributed by atoms with Crippen LogP contribution in [0, 0.1) is 0 Å². The molecular weight excluding hydrogens is 432 g/mol. The number of carbonyl (C=O) groups is 1. The molecule has 0 aliphatic heterocycles. The Labute approximate surface area is 169 Å². The predicted molar refractivity (Wildman–Crippen MR) is 107 cm³/mol. The second kappa shape index (κ2) is 8.45. The quantitative estimate of drug-likeness (QED) is 0.613. The summed E-state index contributed by atoms with van der Waals surface area (Å²) < 4.78 is 12.6. The second-order valence-corrected chi connectivity index (χ2v) is 7.16. The molecule has 0 fully saturated rings. The van der Waals surface area contributed by atoms with Crippen LogP contribution in [0.4, 0.5) is 5.69 Å². The van der Waals surface area contributed by atoms with Crippen molar-refractivity contribution in [1.82, 2.24) is 14.8 Å². The molecule has 27 heavy (non-hydrogen) atoms. The molecule has 9 heteroatoms. The number of amides is 1. The summed E-state index contributed by atoms with van der Waals surface area (Å²) in [6.07, 6.45) is 0. The first-order valence-electron chi connectivity index (χ1n) is 7.88. The fraction of sp³-hybridized carbons (Fsp3) is 0.167. The summed E-state index contributed by atoms with van der Waals surface area (Å²) in [5.41, 5.74) is 1.11. The molecule has 1 N–H and O–H groups in total. The Bertz CT molecular complexity index is 955. The number of ether oxygens (including phenoxy) is 2. The first-order chi connectivity index (χ1) is 13.0. The molecule has 3 aromatic rings. The minimum atomic E-state index is -0.264. The summed E-state index contributed by atoms with van der Waals surface area (Å²) in [5, 5.41) is 7.81. The lowest BCUT2D eigenvalue weighted by molar-refractivity contribution is 0.102. The molecule has 2 aromatic carbocycles. The zero-order valence-electron chi connectivity index (χ0n) is 14.9. The van der Waals surface area contributed by atoms with Gasteiger partial charge in [-0.15, -0.1) is 5.10 Å². The summed E-state index contributed by atoms with van der Waals surface area (Å²) in [6.45, 7) is 0. The highest BCUT2D eigenvalue weighted by Crippen LogP contribution is 2.33. The van der Waals surface area contributed by atoms with Gasteiger partial charge in [0, 0.05) is 23.6 Å². The zero-order valence-corrected chi connectivity index (χ0v) is 17.3. The molecule has 0 aliphatic carbocycles. The average molecular weight is 449 g/mol. The molecule has 140 valence electrons. The van der Waals surface area contributed by atoms with Crippen LogP contribution in [0.25, 0.3) is 0 Å². The Kier molecular flexibility index (Phi) is 6.02. The Hall–Kier alpha value is -2.52. The van der Waals surface area contributed by atoms with Crippen LogP contribution >= 0.6 is 27.7 Å². The number of aryl methyl sites for hydroxylation is 1. The van der Waals surface area contributed by atoms with Crippen LogP contribution in [0.3, 0.4) is 0 Å². The smallest absolute Gasteiger partial charge is 0.255 e. The molecule has 0 saturated heterocycles. The van der Waals surface area contributed by atoms with E-state index in [0.29, 0.717) is 32.6 Å². The molecule has 0 spiro atoms. The van der Waals surface area contributed by atoms with Crippen LogP contribution in [-0.2, 0) is 7.05 Å². The van der Waals surface area contributed by atoms with Crippen LogP contribution in [0.2, 0.25) is 0 Å². The van der Waals surface area contributed by atoms with Gasteiger partial charge in [-0.1, -0.05) is 12.1 Å². The number of anilines is 1. The van der Waals surface area contributed by atoms with Crippen molar-refractivity contribution < 1.29 is 14.3 Å². The van der Waals surface area contributed by atoms with E-state index >= 15 is 0 Å². The lowest BCUT2D eigenvalue weighted by Crippen LogP contribution is -2.13. The number of nitrogens with one attached hydrogen (secondary N) is 1. The van der Waals surface area contributed by atoms with Gasteiger partial charge in [0.1, 0.15) is 11.5 Å². The number of benzene rings is 2. The molecule has 0 radical (unpaired) electrons. The number of methoxy groups -OCH3 is 2. The summed E-state index contributed by atoms with van der Waals surface area (Å²) in [5.74, 6) is 0.830. The third-order valence-corrected chi connectivity index (χ3v) is 5.10. The van der Waals surface area contributed by atoms with Crippen molar-refractivity contribution in [3.63, 3.8) is 0 Å². The molecule has 1 heterocycles. The molecule has 7 nitrogen and oxygen atoms in total. The maximum atomic E-state index is 12.8. The largest absolute Gasteiger partial charge is 0.497 e. The summed E-state index contributed by atoms with van der Waals surface area (Å²) in [6, 6.07) is 12.5. The molecule has 0 saturated carbocycles. The van der Waals surface area contributed by atoms with Crippen LogP contribution in [0.5, 0.6) is 11.5 Å². The predicted octanol–water partition coefficient (Wildman–Crippen LogP) is 4.00. The van der Waals surface area contributed by atoms with E-state index < -0.39 is 0 Å². The van der Waals surface area contributed by atoms with Crippen molar-refractivity contribution in [2.24, 2.45) is 7.05 Å². The van der Waals surface area contributed by atoms with Gasteiger partial charge in [-0.05, 0) is 52.0 Å². The monoisotopic (exact) mass is 448 g/mol. The fourth-order valence-corrected chi connectivity index (χ4v) is 3.72. The highest BCUT2D eigenvalue weighted by atomic mass is 79.9. The zero-order chi connectivity index (χ0) is 19.4. The normalized spacial score (nSPS) is 10.5. The lowest BCUT2D eigenvalue weighted by atomic mass is 10.2. The maximum absolute atomic E-state index is 12.8. The topological polar surface area (TPSA) is 78.3 Å². The van der Waals surface area contributed by atoms with E-state index in [1.807, 2.05) is 31.3 Å². The van der Waals surface area contributed by atoms with Gasteiger partial charge in [0.05, 0.1) is 19.9 Å². The molecule has 0 aliphatic rings. The molecular formula is C18H17BrN4O3S. The van der Waals surface area contributed by atoms with Crippen molar-refractivity contribution in [3.05, 3.63) is 52.8 Å². The van der Waals surface area contributed by atoms with Gasteiger partial charge in [-0.3, -0.25) is 4.79 Å². The second-order valence-electron chi connectivity index (χ2n) is 5.44. The van der Waals surface area contributed by atoms with Crippen LogP contribution in [-0.4, -0.2) is 34.9 Å². The van der Waals surface area contributed by atoms with Crippen LogP contribution < -0.4 is 14.8 Å². The Morgan fingerprint density at radius 2 is 1.81 bits per heavy atom. The van der Waals surface area contributed by atoms with Crippen molar-refractivity contribution in [2.75, 3.05) is 19.5 Å². The standard InChI is InChI=1S/C18H17BrN4O3S/c1-23-18(21-17(19)22-23)27-15-7-5-4-6-14(15)20-16(24)11-8-12(25-2)10-13(9-11)26-3/h4-10H,1-3H3,(H,20,24). The van der Waals surface area contributed by atoms with Gasteiger partial charge in [0.2, 0.25) is 4.73 Å². The van der Waals surface area contributed by atoms with Crippen molar-refractivity contribution in [1.29, 1.82) is 0 Å². The highest BCUT2D eigenvalue weighted by Gasteiger charge is 2.14. The number of rotatable bonds is 6. The summed E-state index contributed by atoms with van der Waals surface area (Å²) >= 11 is 4.67. The van der Waals surface area contributed by atoms with Gasteiger partial charge in [0.25, 0.3) is 5.91 Å². The lowest BCUT2D eigenvalue weighted by Gasteiger charge is -2.12. The first-order valence-corrected chi connectivity index (χ1v) is 9.49. The molecule has 1 amide bonds.